The van der Waals surface area contributed by atoms with Crippen molar-refractivity contribution < 1.29 is 8.42 Å². The third kappa shape index (κ3) is 3.59. The predicted octanol–water partition coefficient (Wildman–Crippen LogP) is 2.04. The summed E-state index contributed by atoms with van der Waals surface area (Å²) >= 11 is 0. The first kappa shape index (κ1) is 16.9. The van der Waals surface area contributed by atoms with Crippen molar-refractivity contribution in [2.45, 2.75) is 57.5 Å². The molecule has 24 heavy (non-hydrogen) atoms. The smallest absolute Gasteiger partial charge is 0.241 e. The first-order chi connectivity index (χ1) is 11.4. The zero-order chi connectivity index (χ0) is 17.3. The van der Waals surface area contributed by atoms with Crippen LogP contribution in [0.2, 0.25) is 0 Å². The molecule has 2 aromatic rings. The lowest BCUT2D eigenvalue weighted by atomic mass is 10.1. The second-order valence-corrected chi connectivity index (χ2v) is 7.84. The molecular weight excluding hydrogens is 326 g/mol. The summed E-state index contributed by atoms with van der Waals surface area (Å²) < 4.78 is 28.0. The van der Waals surface area contributed by atoms with E-state index in [9.17, 15) is 8.42 Å². The van der Waals surface area contributed by atoms with E-state index in [1.54, 1.807) is 0 Å². The largest absolute Gasteiger partial charge is 0.378 e. The van der Waals surface area contributed by atoms with Crippen LogP contribution in [0.4, 0.5) is 5.69 Å². The van der Waals surface area contributed by atoms with Crippen LogP contribution in [-0.4, -0.2) is 29.6 Å². The Morgan fingerprint density at radius 2 is 2.04 bits per heavy atom. The second kappa shape index (κ2) is 6.52. The van der Waals surface area contributed by atoms with Gasteiger partial charge in [0.05, 0.1) is 11.4 Å². The first-order valence-corrected chi connectivity index (χ1v) is 9.65. The van der Waals surface area contributed by atoms with Crippen LogP contribution in [0, 0.1) is 13.8 Å². The van der Waals surface area contributed by atoms with Gasteiger partial charge in [0.25, 0.3) is 0 Å². The number of anilines is 1. The Kier molecular flexibility index (Phi) is 4.60. The highest BCUT2D eigenvalue weighted by Crippen LogP contribution is 2.29. The van der Waals surface area contributed by atoms with E-state index in [0.29, 0.717) is 11.4 Å². The number of sulfonamides is 1. The Bertz CT molecular complexity index is 840. The monoisotopic (exact) mass is 349 g/mol. The molecule has 0 spiro atoms. The number of aryl methyl sites for hydroxylation is 2. The average molecular weight is 349 g/mol. The van der Waals surface area contributed by atoms with Gasteiger partial charge in [-0.15, -0.1) is 0 Å². The van der Waals surface area contributed by atoms with Crippen LogP contribution < -0.4 is 10.0 Å². The van der Waals surface area contributed by atoms with E-state index in [4.69, 9.17) is 0 Å². The molecule has 3 rings (SSSR count). The molecule has 3 N–H and O–H groups in total. The van der Waals surface area contributed by atoms with Crippen LogP contribution in [-0.2, 0) is 23.0 Å². The first-order valence-electron chi connectivity index (χ1n) is 8.17. The van der Waals surface area contributed by atoms with Gasteiger partial charge >= 0.3 is 0 Å². The van der Waals surface area contributed by atoms with Gasteiger partial charge in [0.2, 0.25) is 10.0 Å². The second-order valence-electron chi connectivity index (χ2n) is 6.19. The zero-order valence-corrected chi connectivity index (χ0v) is 15.0. The van der Waals surface area contributed by atoms with Gasteiger partial charge in [-0.3, -0.25) is 5.10 Å². The number of rotatable bonds is 7. The van der Waals surface area contributed by atoms with Gasteiger partial charge in [-0.2, -0.15) is 5.10 Å². The summed E-state index contributed by atoms with van der Waals surface area (Å²) in [5, 5.41) is 10.2. The molecule has 0 saturated heterocycles. The lowest BCUT2D eigenvalue weighted by molar-refractivity contribution is 0.580. The molecule has 1 saturated carbocycles. The summed E-state index contributed by atoms with van der Waals surface area (Å²) in [7, 11) is -3.49. The number of nitrogens with one attached hydrogen (secondary N) is 3. The maximum atomic E-state index is 12.6. The van der Waals surface area contributed by atoms with Gasteiger partial charge in [-0.05, 0) is 43.9 Å². The number of benzene rings is 1. The highest BCUT2D eigenvalue weighted by molar-refractivity contribution is 7.89. The number of nitrogens with zero attached hydrogens (tertiary/aromatic N) is 2. The maximum Gasteiger partial charge on any atom is 0.241 e. The SMILES string of the molecule is CCc1n[nH]c(CNc2ccc(C)c(S(=O)(=O)NC3CC3)c2C)n1. The molecule has 8 heteroatoms. The number of aromatic amines is 1. The molecule has 0 atom stereocenters. The van der Waals surface area contributed by atoms with Gasteiger partial charge in [-0.1, -0.05) is 13.0 Å². The van der Waals surface area contributed by atoms with Gasteiger partial charge < -0.3 is 5.32 Å². The van der Waals surface area contributed by atoms with Gasteiger partial charge in [0.15, 0.2) is 5.82 Å². The minimum atomic E-state index is -3.49. The van der Waals surface area contributed by atoms with Crippen LogP contribution in [0.3, 0.4) is 0 Å². The van der Waals surface area contributed by atoms with Crippen LogP contribution in [0.1, 0.15) is 42.5 Å². The Morgan fingerprint density at radius 3 is 2.67 bits per heavy atom. The highest BCUT2D eigenvalue weighted by atomic mass is 32.2. The van der Waals surface area contributed by atoms with Crippen LogP contribution in [0.5, 0.6) is 0 Å². The fourth-order valence-electron chi connectivity index (χ4n) is 2.66. The number of H-pyrrole nitrogens is 1. The molecule has 0 amide bonds. The predicted molar refractivity (Wildman–Crippen MR) is 92.3 cm³/mol. The van der Waals surface area contributed by atoms with Crippen molar-refractivity contribution in [3.63, 3.8) is 0 Å². The molecule has 1 aliphatic rings. The Labute approximate surface area is 142 Å². The topological polar surface area (TPSA) is 99.8 Å². The number of aromatic nitrogens is 3. The molecular formula is C16H23N5O2S. The average Bonchev–Trinajstić information content (AvgIpc) is 3.20. The highest BCUT2D eigenvalue weighted by Gasteiger charge is 2.30. The van der Waals surface area contributed by atoms with E-state index in [2.05, 4.69) is 25.2 Å². The van der Waals surface area contributed by atoms with Crippen molar-refractivity contribution in [1.82, 2.24) is 19.9 Å². The lowest BCUT2D eigenvalue weighted by Crippen LogP contribution is -2.27. The minimum Gasteiger partial charge on any atom is -0.378 e. The van der Waals surface area contributed by atoms with E-state index >= 15 is 0 Å². The Balaban J connectivity index is 1.82. The number of hydrogen-bond donors (Lipinski definition) is 3. The molecule has 0 radical (unpaired) electrons. The molecule has 1 aromatic heterocycles. The van der Waals surface area contributed by atoms with E-state index in [-0.39, 0.29) is 6.04 Å². The Hall–Kier alpha value is -1.93. The molecule has 0 unspecified atom stereocenters. The van der Waals surface area contributed by atoms with Crippen LogP contribution in [0.15, 0.2) is 17.0 Å². The summed E-state index contributed by atoms with van der Waals surface area (Å²) in [6.45, 7) is 6.11. The molecule has 0 bridgehead atoms. The maximum absolute atomic E-state index is 12.6. The molecule has 1 fully saturated rings. The molecule has 130 valence electrons. The van der Waals surface area contributed by atoms with Gasteiger partial charge in [0, 0.05) is 18.2 Å². The van der Waals surface area contributed by atoms with Crippen molar-refractivity contribution >= 4 is 15.7 Å². The summed E-state index contributed by atoms with van der Waals surface area (Å²) in [5.41, 5.74) is 2.25. The number of hydrogen-bond acceptors (Lipinski definition) is 5. The van der Waals surface area contributed by atoms with Crippen molar-refractivity contribution in [2.24, 2.45) is 0 Å². The molecule has 0 aliphatic heterocycles. The fraction of sp³-hybridized carbons (Fsp3) is 0.500. The van der Waals surface area contributed by atoms with Crippen LogP contribution in [0.25, 0.3) is 0 Å². The van der Waals surface area contributed by atoms with Crippen molar-refractivity contribution in [3.8, 4) is 0 Å². The molecule has 1 aromatic carbocycles. The zero-order valence-electron chi connectivity index (χ0n) is 14.2. The molecule has 1 aliphatic carbocycles. The summed E-state index contributed by atoms with van der Waals surface area (Å²) in [6, 6.07) is 3.82. The molecule has 7 nitrogen and oxygen atoms in total. The van der Waals surface area contributed by atoms with Crippen molar-refractivity contribution in [1.29, 1.82) is 0 Å². The fourth-order valence-corrected chi connectivity index (χ4v) is 4.46. The van der Waals surface area contributed by atoms with Gasteiger partial charge in [0.1, 0.15) is 5.82 Å². The normalized spacial score (nSPS) is 14.8. The van der Waals surface area contributed by atoms with E-state index in [1.807, 2.05) is 32.9 Å². The van der Waals surface area contributed by atoms with E-state index in [1.165, 1.54) is 0 Å². The van der Waals surface area contributed by atoms with E-state index < -0.39 is 10.0 Å². The summed E-state index contributed by atoms with van der Waals surface area (Å²) in [5.74, 6) is 1.50. The van der Waals surface area contributed by atoms with Crippen molar-refractivity contribution in [2.75, 3.05) is 5.32 Å². The third-order valence-electron chi connectivity index (χ3n) is 4.11. The summed E-state index contributed by atoms with van der Waals surface area (Å²) in [6.07, 6.45) is 2.61. The third-order valence-corrected chi connectivity index (χ3v) is 5.92. The standard InChI is InChI=1S/C16H23N5O2S/c1-4-14-18-15(20-19-14)9-17-13-8-5-10(2)16(11(13)3)24(22,23)21-12-6-7-12/h5,8,12,17,21H,4,6-7,9H2,1-3H3,(H,18,19,20). The minimum absolute atomic E-state index is 0.0899. The summed E-state index contributed by atoms with van der Waals surface area (Å²) in [4.78, 5) is 4.72. The lowest BCUT2D eigenvalue weighted by Gasteiger charge is -2.16. The Morgan fingerprint density at radius 1 is 1.29 bits per heavy atom. The van der Waals surface area contributed by atoms with Crippen LogP contribution >= 0.6 is 0 Å². The van der Waals surface area contributed by atoms with E-state index in [0.717, 1.165) is 47.7 Å². The molecule has 1 heterocycles. The van der Waals surface area contributed by atoms with Gasteiger partial charge in [-0.25, -0.2) is 18.1 Å². The quantitative estimate of drug-likeness (QED) is 0.710. The van der Waals surface area contributed by atoms with Crippen molar-refractivity contribution in [3.05, 3.63) is 34.9 Å².